The number of hydrogen-bond acceptors (Lipinski definition) is 8. The zero-order valence-corrected chi connectivity index (χ0v) is 22.3. The van der Waals surface area contributed by atoms with Gasteiger partial charge in [-0.25, -0.2) is 9.79 Å². The number of thioether (sulfide) groups is 1. The maximum Gasteiger partial charge on any atom is 0.338 e. The molecule has 5 rings (SSSR count). The topological polar surface area (TPSA) is 89.5 Å². The van der Waals surface area contributed by atoms with Gasteiger partial charge in [-0.3, -0.25) is 4.79 Å². The van der Waals surface area contributed by atoms with Gasteiger partial charge in [0, 0.05) is 18.8 Å². The van der Waals surface area contributed by atoms with Crippen molar-refractivity contribution in [2.75, 3.05) is 20.3 Å². The molecule has 2 unspecified atom stereocenters. The van der Waals surface area contributed by atoms with E-state index in [9.17, 15) is 9.59 Å². The Kier molecular flexibility index (Phi) is 8.14. The van der Waals surface area contributed by atoms with Crippen molar-refractivity contribution in [2.24, 2.45) is 4.99 Å². The quantitative estimate of drug-likeness (QED) is 0.438. The van der Waals surface area contributed by atoms with Gasteiger partial charge in [-0.05, 0) is 54.5 Å². The van der Waals surface area contributed by atoms with Crippen molar-refractivity contribution in [2.45, 2.75) is 44.8 Å². The standard InChI is InChI=1S/C29H31N3O5S/c1-3-24-26(28(34)35-2)27(19-9-7-12-22(15-19)37-21-10-5-4-6-11-21)32-20(18-38-29(32)31-24)16-25(33)30-17-23-13-8-14-36-23/h4-7,9-12,15,18,23,27H,3,8,13-14,16-17H2,1-2H3,(H,30,33). The first-order chi connectivity index (χ1) is 18.6. The molecule has 3 aliphatic rings. The summed E-state index contributed by atoms with van der Waals surface area (Å²) in [7, 11) is 1.38. The number of amides is 1. The van der Waals surface area contributed by atoms with Gasteiger partial charge in [0.1, 0.15) is 11.5 Å². The van der Waals surface area contributed by atoms with Gasteiger partial charge < -0.3 is 24.4 Å². The molecular weight excluding hydrogens is 502 g/mol. The first-order valence-corrected chi connectivity index (χ1v) is 13.7. The van der Waals surface area contributed by atoms with Crippen molar-refractivity contribution in [3.63, 3.8) is 0 Å². The number of carbonyl (C=O) groups excluding carboxylic acids is 2. The molecule has 1 fully saturated rings. The molecule has 9 heteroatoms. The Bertz CT molecular complexity index is 1280. The fourth-order valence-corrected chi connectivity index (χ4v) is 5.80. The Labute approximate surface area is 226 Å². The van der Waals surface area contributed by atoms with E-state index in [2.05, 4.69) is 5.32 Å². The Hall–Kier alpha value is -3.56. The summed E-state index contributed by atoms with van der Waals surface area (Å²) in [5.74, 6) is 0.821. The number of methoxy groups -OCH3 is 1. The van der Waals surface area contributed by atoms with Crippen LogP contribution in [0.1, 0.15) is 44.2 Å². The molecule has 2 aromatic rings. The summed E-state index contributed by atoms with van der Waals surface area (Å²) in [6.07, 6.45) is 2.77. The predicted molar refractivity (Wildman–Crippen MR) is 147 cm³/mol. The van der Waals surface area contributed by atoms with Gasteiger partial charge in [0.2, 0.25) is 5.91 Å². The number of hydrogen-bond donors (Lipinski definition) is 1. The number of rotatable bonds is 9. The number of carbonyl (C=O) groups is 2. The molecule has 1 saturated heterocycles. The number of nitrogens with one attached hydrogen (secondary N) is 1. The third-order valence-electron chi connectivity index (χ3n) is 6.67. The molecule has 198 valence electrons. The SMILES string of the molecule is CCC1=C(C(=O)OC)C(c2cccc(Oc3ccccc3)c2)N2C(CC(=O)NCC3CCCO3)=CSC2=N1. The van der Waals surface area contributed by atoms with Crippen LogP contribution in [0.4, 0.5) is 0 Å². The molecule has 1 N–H and O–H groups in total. The van der Waals surface area contributed by atoms with Crippen LogP contribution in [-0.4, -0.2) is 48.3 Å². The smallest absolute Gasteiger partial charge is 0.338 e. The average molecular weight is 534 g/mol. The second-order valence-electron chi connectivity index (χ2n) is 9.20. The Morgan fingerprint density at radius 3 is 2.71 bits per heavy atom. The van der Waals surface area contributed by atoms with Gasteiger partial charge in [-0.1, -0.05) is 49.0 Å². The number of esters is 1. The fraction of sp³-hybridized carbons (Fsp3) is 0.345. The van der Waals surface area contributed by atoms with Gasteiger partial charge in [0.15, 0.2) is 5.17 Å². The minimum Gasteiger partial charge on any atom is -0.466 e. The third kappa shape index (κ3) is 5.63. The molecular formula is C29H31N3O5S. The highest BCUT2D eigenvalue weighted by atomic mass is 32.2. The highest BCUT2D eigenvalue weighted by Crippen LogP contribution is 2.46. The lowest BCUT2D eigenvalue weighted by Crippen LogP contribution is -2.39. The molecule has 2 aromatic carbocycles. The molecule has 0 saturated carbocycles. The number of aliphatic imine (C=N–C) groups is 1. The van der Waals surface area contributed by atoms with E-state index >= 15 is 0 Å². The molecule has 2 atom stereocenters. The average Bonchev–Trinajstić information content (AvgIpc) is 3.61. The zero-order valence-electron chi connectivity index (χ0n) is 21.5. The number of ether oxygens (including phenoxy) is 3. The third-order valence-corrected chi connectivity index (χ3v) is 7.56. The van der Waals surface area contributed by atoms with Crippen LogP contribution in [0.25, 0.3) is 0 Å². The van der Waals surface area contributed by atoms with Crippen LogP contribution in [0.5, 0.6) is 11.5 Å². The van der Waals surface area contributed by atoms with E-state index in [1.54, 1.807) is 0 Å². The largest absolute Gasteiger partial charge is 0.466 e. The second-order valence-corrected chi connectivity index (χ2v) is 10.0. The lowest BCUT2D eigenvalue weighted by molar-refractivity contribution is -0.136. The molecule has 0 bridgehead atoms. The van der Waals surface area contributed by atoms with Crippen LogP contribution in [0.2, 0.25) is 0 Å². The van der Waals surface area contributed by atoms with Crippen LogP contribution < -0.4 is 10.1 Å². The number of fused-ring (bicyclic) bond motifs is 1. The van der Waals surface area contributed by atoms with E-state index in [4.69, 9.17) is 19.2 Å². The van der Waals surface area contributed by atoms with Crippen molar-refractivity contribution < 1.29 is 23.8 Å². The molecule has 1 amide bonds. The maximum atomic E-state index is 13.1. The highest BCUT2D eigenvalue weighted by molar-refractivity contribution is 8.16. The van der Waals surface area contributed by atoms with E-state index in [1.807, 2.05) is 71.8 Å². The van der Waals surface area contributed by atoms with E-state index in [1.165, 1.54) is 18.9 Å². The lowest BCUT2D eigenvalue weighted by atomic mass is 9.92. The molecule has 38 heavy (non-hydrogen) atoms. The monoisotopic (exact) mass is 533 g/mol. The summed E-state index contributed by atoms with van der Waals surface area (Å²) in [5.41, 5.74) is 2.75. The number of para-hydroxylation sites is 1. The normalized spacial score (nSPS) is 20.5. The second kappa shape index (κ2) is 11.9. The molecule has 0 aliphatic carbocycles. The Morgan fingerprint density at radius 2 is 1.97 bits per heavy atom. The number of amidine groups is 1. The van der Waals surface area contributed by atoms with E-state index in [0.717, 1.165) is 35.9 Å². The molecule has 0 spiro atoms. The molecule has 0 aromatic heterocycles. The van der Waals surface area contributed by atoms with Gasteiger partial charge in [-0.2, -0.15) is 0 Å². The van der Waals surface area contributed by atoms with Gasteiger partial charge in [-0.15, -0.1) is 0 Å². The van der Waals surface area contributed by atoms with E-state index in [-0.39, 0.29) is 18.4 Å². The first-order valence-electron chi connectivity index (χ1n) is 12.8. The molecule has 8 nitrogen and oxygen atoms in total. The fourth-order valence-electron chi connectivity index (χ4n) is 4.86. The van der Waals surface area contributed by atoms with Crippen molar-refractivity contribution in [1.29, 1.82) is 0 Å². The van der Waals surface area contributed by atoms with Crippen molar-refractivity contribution in [3.8, 4) is 11.5 Å². The highest BCUT2D eigenvalue weighted by Gasteiger charge is 2.41. The van der Waals surface area contributed by atoms with E-state index < -0.39 is 12.0 Å². The summed E-state index contributed by atoms with van der Waals surface area (Å²) in [6, 6.07) is 16.7. The minimum atomic E-state index is -0.517. The van der Waals surface area contributed by atoms with Gasteiger partial charge in [0.25, 0.3) is 0 Å². The van der Waals surface area contributed by atoms with E-state index in [0.29, 0.717) is 35.7 Å². The molecule has 3 heterocycles. The zero-order chi connectivity index (χ0) is 26.5. The Morgan fingerprint density at radius 1 is 1.16 bits per heavy atom. The number of nitrogens with zero attached hydrogens (tertiary/aromatic N) is 2. The van der Waals surface area contributed by atoms with Crippen molar-refractivity contribution in [3.05, 3.63) is 82.5 Å². The summed E-state index contributed by atoms with van der Waals surface area (Å²) in [6.45, 7) is 3.21. The summed E-state index contributed by atoms with van der Waals surface area (Å²) in [5, 5.41) is 5.67. The summed E-state index contributed by atoms with van der Waals surface area (Å²) in [4.78, 5) is 32.8. The maximum absolute atomic E-state index is 13.1. The van der Waals surface area contributed by atoms with Crippen LogP contribution in [0.15, 0.2) is 82.0 Å². The summed E-state index contributed by atoms with van der Waals surface area (Å²) >= 11 is 1.46. The van der Waals surface area contributed by atoms with Crippen LogP contribution in [0, 0.1) is 0 Å². The van der Waals surface area contributed by atoms with Gasteiger partial charge >= 0.3 is 5.97 Å². The van der Waals surface area contributed by atoms with Crippen LogP contribution >= 0.6 is 11.8 Å². The molecule has 0 radical (unpaired) electrons. The predicted octanol–water partition coefficient (Wildman–Crippen LogP) is 5.30. The van der Waals surface area contributed by atoms with Crippen LogP contribution in [0.3, 0.4) is 0 Å². The van der Waals surface area contributed by atoms with Crippen molar-refractivity contribution >= 4 is 28.8 Å². The number of benzene rings is 2. The van der Waals surface area contributed by atoms with Crippen molar-refractivity contribution in [1.82, 2.24) is 10.2 Å². The summed E-state index contributed by atoms with van der Waals surface area (Å²) < 4.78 is 16.9. The Balaban J connectivity index is 1.45. The first kappa shape index (κ1) is 26.1. The molecule has 3 aliphatic heterocycles. The minimum absolute atomic E-state index is 0.0686. The number of allylic oxidation sites excluding steroid dienone is 1. The lowest BCUT2D eigenvalue weighted by Gasteiger charge is -2.36. The van der Waals surface area contributed by atoms with Gasteiger partial charge in [0.05, 0.1) is 36.9 Å². The van der Waals surface area contributed by atoms with Crippen LogP contribution in [-0.2, 0) is 19.1 Å².